The zero-order valence-corrected chi connectivity index (χ0v) is 18.9. The number of hydrogen-bond acceptors (Lipinski definition) is 5. The quantitative estimate of drug-likeness (QED) is 0.675. The smallest absolute Gasteiger partial charge is 0.409 e. The minimum absolute atomic E-state index is 0.0213. The molecular weight excluding hydrogens is 422 g/mol. The van der Waals surface area contributed by atoms with Gasteiger partial charge in [-0.2, -0.15) is 0 Å². The molecule has 174 valence electrons. The molecule has 0 unspecified atom stereocenters. The van der Waals surface area contributed by atoms with E-state index in [1.54, 1.807) is 22.8 Å². The average Bonchev–Trinajstić information content (AvgIpc) is 2.85. The van der Waals surface area contributed by atoms with Gasteiger partial charge in [0.05, 0.1) is 6.61 Å². The van der Waals surface area contributed by atoms with Gasteiger partial charge in [-0.25, -0.2) is 4.79 Å². The summed E-state index contributed by atoms with van der Waals surface area (Å²) < 4.78 is 10.9. The van der Waals surface area contributed by atoms with Crippen LogP contribution in [0.25, 0.3) is 0 Å². The number of fused-ring (bicyclic) bond motifs is 1. The van der Waals surface area contributed by atoms with Gasteiger partial charge < -0.3 is 24.2 Å². The summed E-state index contributed by atoms with van der Waals surface area (Å²) >= 11 is 0. The number of piperazine rings is 1. The zero-order valence-electron chi connectivity index (χ0n) is 18.9. The van der Waals surface area contributed by atoms with E-state index in [1.807, 2.05) is 47.4 Å². The van der Waals surface area contributed by atoms with Crippen LogP contribution in [0.5, 0.6) is 5.75 Å². The summed E-state index contributed by atoms with van der Waals surface area (Å²) in [5, 5.41) is 0. The number of rotatable bonds is 6. The largest absolute Gasteiger partial charge is 0.483 e. The number of amides is 3. The molecule has 0 N–H and O–H groups in total. The predicted octanol–water partition coefficient (Wildman–Crippen LogP) is 2.56. The second-order valence-electron chi connectivity index (χ2n) is 8.10. The summed E-state index contributed by atoms with van der Waals surface area (Å²) in [5.74, 6) is 0.426. The molecule has 8 heteroatoms. The van der Waals surface area contributed by atoms with Crippen LogP contribution in [0.1, 0.15) is 28.4 Å². The van der Waals surface area contributed by atoms with Crippen LogP contribution in [0.3, 0.4) is 0 Å². The average molecular weight is 452 g/mol. The molecule has 2 aliphatic heterocycles. The van der Waals surface area contributed by atoms with Gasteiger partial charge in [-0.3, -0.25) is 9.59 Å². The first kappa shape index (κ1) is 22.6. The summed E-state index contributed by atoms with van der Waals surface area (Å²) in [7, 11) is 0. The van der Waals surface area contributed by atoms with E-state index in [0.29, 0.717) is 63.6 Å². The van der Waals surface area contributed by atoms with Crippen molar-refractivity contribution in [1.82, 2.24) is 14.7 Å². The zero-order chi connectivity index (χ0) is 23.2. The summed E-state index contributed by atoms with van der Waals surface area (Å²) in [6.45, 7) is 4.95. The molecule has 33 heavy (non-hydrogen) atoms. The highest BCUT2D eigenvalue weighted by molar-refractivity contribution is 5.97. The van der Waals surface area contributed by atoms with Crippen LogP contribution in [0, 0.1) is 0 Å². The van der Waals surface area contributed by atoms with Gasteiger partial charge in [-0.15, -0.1) is 0 Å². The molecule has 0 atom stereocenters. The van der Waals surface area contributed by atoms with Gasteiger partial charge in [0.1, 0.15) is 5.75 Å². The van der Waals surface area contributed by atoms with E-state index in [0.717, 1.165) is 11.1 Å². The Morgan fingerprint density at radius 1 is 0.909 bits per heavy atom. The molecule has 2 heterocycles. The number of carbonyl (C=O) groups excluding carboxylic acids is 3. The highest BCUT2D eigenvalue weighted by Crippen LogP contribution is 2.29. The summed E-state index contributed by atoms with van der Waals surface area (Å²) in [6.07, 6.45) is 0.332. The van der Waals surface area contributed by atoms with Crippen molar-refractivity contribution < 1.29 is 23.9 Å². The molecule has 1 saturated heterocycles. The lowest BCUT2D eigenvalue weighted by molar-refractivity contribution is -0.135. The Morgan fingerprint density at radius 3 is 2.36 bits per heavy atom. The molecule has 0 radical (unpaired) electrons. The molecule has 2 aromatic carbocycles. The van der Waals surface area contributed by atoms with Crippen molar-refractivity contribution in [2.45, 2.75) is 19.9 Å². The number of hydrogen-bond donors (Lipinski definition) is 0. The lowest BCUT2D eigenvalue weighted by Crippen LogP contribution is -2.51. The van der Waals surface area contributed by atoms with Gasteiger partial charge in [0.15, 0.2) is 6.61 Å². The summed E-state index contributed by atoms with van der Waals surface area (Å²) in [5.41, 5.74) is 2.58. The molecule has 0 spiro atoms. The summed E-state index contributed by atoms with van der Waals surface area (Å²) in [4.78, 5) is 42.7. The van der Waals surface area contributed by atoms with Crippen molar-refractivity contribution in [2.75, 3.05) is 45.9 Å². The van der Waals surface area contributed by atoms with Crippen molar-refractivity contribution in [2.24, 2.45) is 0 Å². The van der Waals surface area contributed by atoms with Crippen LogP contribution in [-0.2, 0) is 22.5 Å². The van der Waals surface area contributed by atoms with Crippen LogP contribution < -0.4 is 4.74 Å². The third kappa shape index (κ3) is 5.27. The van der Waals surface area contributed by atoms with E-state index in [4.69, 9.17) is 9.47 Å². The minimum atomic E-state index is -0.345. The van der Waals surface area contributed by atoms with Crippen LogP contribution in [0.15, 0.2) is 48.5 Å². The van der Waals surface area contributed by atoms with E-state index in [9.17, 15) is 14.4 Å². The van der Waals surface area contributed by atoms with Gasteiger partial charge in [0.2, 0.25) is 0 Å². The Bertz CT molecular complexity index is 1000. The molecule has 8 nitrogen and oxygen atoms in total. The maximum atomic E-state index is 13.0. The van der Waals surface area contributed by atoms with E-state index in [-0.39, 0.29) is 24.5 Å². The monoisotopic (exact) mass is 451 g/mol. The van der Waals surface area contributed by atoms with Crippen LogP contribution in [0.4, 0.5) is 4.79 Å². The number of carbonyl (C=O) groups is 3. The lowest BCUT2D eigenvalue weighted by atomic mass is 9.97. The molecule has 2 aromatic rings. The van der Waals surface area contributed by atoms with E-state index in [1.165, 1.54) is 0 Å². The fraction of sp³-hybridized carbons (Fsp3) is 0.400. The Kier molecular flexibility index (Phi) is 7.12. The first-order chi connectivity index (χ1) is 16.1. The highest BCUT2D eigenvalue weighted by atomic mass is 16.6. The third-order valence-electron chi connectivity index (χ3n) is 6.01. The Hall–Kier alpha value is -3.55. The predicted molar refractivity (Wildman–Crippen MR) is 122 cm³/mol. The van der Waals surface area contributed by atoms with Crippen molar-refractivity contribution >= 4 is 17.9 Å². The van der Waals surface area contributed by atoms with E-state index >= 15 is 0 Å². The Balaban J connectivity index is 1.34. The highest BCUT2D eigenvalue weighted by Gasteiger charge is 2.28. The van der Waals surface area contributed by atoms with Crippen molar-refractivity contribution in [3.05, 3.63) is 65.2 Å². The van der Waals surface area contributed by atoms with Crippen molar-refractivity contribution in [3.8, 4) is 5.75 Å². The van der Waals surface area contributed by atoms with E-state index in [2.05, 4.69) is 0 Å². The van der Waals surface area contributed by atoms with Crippen LogP contribution in [-0.4, -0.2) is 78.5 Å². The van der Waals surface area contributed by atoms with Crippen LogP contribution in [0.2, 0.25) is 0 Å². The molecule has 0 aliphatic carbocycles. The van der Waals surface area contributed by atoms with Gasteiger partial charge in [0.25, 0.3) is 11.8 Å². The number of ether oxygens (including phenoxy) is 2. The normalized spacial score (nSPS) is 15.8. The van der Waals surface area contributed by atoms with E-state index < -0.39 is 0 Å². The Morgan fingerprint density at radius 2 is 1.64 bits per heavy atom. The second-order valence-corrected chi connectivity index (χ2v) is 8.10. The molecule has 1 fully saturated rings. The first-order valence-corrected chi connectivity index (χ1v) is 11.3. The molecular formula is C25H29N3O5. The summed E-state index contributed by atoms with van der Waals surface area (Å²) in [6, 6.07) is 15.3. The standard InChI is InChI=1S/C25H29N3O5/c1-2-32-25(31)27-15-13-26(14-16-27)23(29)18-33-22-10-6-9-21-20(22)11-12-28(24(21)30)17-19-7-4-3-5-8-19/h3-10H,2,11-18H2,1H3. The molecule has 0 bridgehead atoms. The van der Waals surface area contributed by atoms with Gasteiger partial charge >= 0.3 is 6.09 Å². The SMILES string of the molecule is CCOC(=O)N1CCN(C(=O)COc2cccc3c2CCN(Cc2ccccc2)C3=O)CC1. The van der Waals surface area contributed by atoms with Crippen molar-refractivity contribution in [1.29, 1.82) is 0 Å². The second kappa shape index (κ2) is 10.4. The van der Waals surface area contributed by atoms with Gasteiger partial charge in [-0.05, 0) is 31.0 Å². The lowest BCUT2D eigenvalue weighted by Gasteiger charge is -2.34. The first-order valence-electron chi connectivity index (χ1n) is 11.3. The fourth-order valence-electron chi connectivity index (χ4n) is 4.22. The molecule has 4 rings (SSSR count). The molecule has 2 aliphatic rings. The third-order valence-corrected chi connectivity index (χ3v) is 6.01. The topological polar surface area (TPSA) is 79.4 Å². The maximum Gasteiger partial charge on any atom is 0.409 e. The molecule has 3 amide bonds. The number of benzene rings is 2. The fourth-order valence-corrected chi connectivity index (χ4v) is 4.22. The molecule has 0 saturated carbocycles. The Labute approximate surface area is 193 Å². The van der Waals surface area contributed by atoms with Crippen molar-refractivity contribution in [3.63, 3.8) is 0 Å². The van der Waals surface area contributed by atoms with Gasteiger partial charge in [0, 0.05) is 50.4 Å². The minimum Gasteiger partial charge on any atom is -0.483 e. The number of nitrogens with zero attached hydrogens (tertiary/aromatic N) is 3. The maximum absolute atomic E-state index is 13.0. The van der Waals surface area contributed by atoms with Gasteiger partial charge in [-0.1, -0.05) is 36.4 Å². The molecule has 0 aromatic heterocycles. The van der Waals surface area contributed by atoms with Crippen LogP contribution >= 0.6 is 0 Å².